The highest BCUT2D eigenvalue weighted by Crippen LogP contribution is 2.32. The Bertz CT molecular complexity index is 1340. The third-order valence-corrected chi connectivity index (χ3v) is 7.98. The molecule has 4 aromatic rings. The van der Waals surface area contributed by atoms with Gasteiger partial charge in [0.15, 0.2) is 0 Å². The highest BCUT2D eigenvalue weighted by Gasteiger charge is 2.30. The molecule has 0 saturated heterocycles. The summed E-state index contributed by atoms with van der Waals surface area (Å²) in [6.07, 6.45) is 8.95. The zero-order valence-electron chi connectivity index (χ0n) is 22.6. The molecule has 4 nitrogen and oxygen atoms in total. The second-order valence-corrected chi connectivity index (χ2v) is 10.8. The first-order chi connectivity index (χ1) is 18.9. The molecule has 1 fully saturated rings. The van der Waals surface area contributed by atoms with Gasteiger partial charge in [0, 0.05) is 55.3 Å². The van der Waals surface area contributed by atoms with Crippen LogP contribution in [0.15, 0.2) is 79.3 Å². The Morgan fingerprint density at radius 3 is 2.44 bits per heavy atom. The van der Waals surface area contributed by atoms with Crippen molar-refractivity contribution in [3.63, 3.8) is 0 Å². The van der Waals surface area contributed by atoms with Crippen LogP contribution in [-0.4, -0.2) is 45.5 Å². The fourth-order valence-corrected chi connectivity index (χ4v) is 5.87. The molecule has 7 heteroatoms. The molecule has 0 radical (unpaired) electrons. The Kier molecular flexibility index (Phi) is 8.68. The van der Waals surface area contributed by atoms with Crippen LogP contribution in [0.1, 0.15) is 55.2 Å². The second kappa shape index (κ2) is 12.3. The summed E-state index contributed by atoms with van der Waals surface area (Å²) in [6, 6.07) is 18.3. The van der Waals surface area contributed by atoms with Crippen LogP contribution in [0, 0.1) is 0 Å². The lowest BCUT2D eigenvalue weighted by Crippen LogP contribution is -2.35. The summed E-state index contributed by atoms with van der Waals surface area (Å²) < 4.78 is 42.2. The van der Waals surface area contributed by atoms with Crippen molar-refractivity contribution >= 4 is 10.9 Å². The quantitative estimate of drug-likeness (QED) is 0.208. The van der Waals surface area contributed by atoms with Crippen LogP contribution in [-0.2, 0) is 19.3 Å². The van der Waals surface area contributed by atoms with E-state index in [1.807, 2.05) is 53.5 Å². The molecule has 0 spiro atoms. The summed E-state index contributed by atoms with van der Waals surface area (Å²) in [4.78, 5) is 9.15. The molecule has 0 N–H and O–H groups in total. The van der Waals surface area contributed by atoms with Crippen molar-refractivity contribution in [3.8, 4) is 5.69 Å². The van der Waals surface area contributed by atoms with Crippen LogP contribution >= 0.6 is 0 Å². The summed E-state index contributed by atoms with van der Waals surface area (Å²) in [5, 5.41) is 1.06. The van der Waals surface area contributed by atoms with Gasteiger partial charge in [-0.15, -0.1) is 0 Å². The molecule has 5 rings (SSSR count). The third-order valence-electron chi connectivity index (χ3n) is 7.98. The van der Waals surface area contributed by atoms with Crippen molar-refractivity contribution in [2.45, 2.75) is 63.8 Å². The smallest absolute Gasteiger partial charge is 0.316 e. The minimum atomic E-state index is -4.38. The predicted molar refractivity (Wildman–Crippen MR) is 151 cm³/mol. The Balaban J connectivity index is 1.38. The van der Waals surface area contributed by atoms with Crippen LogP contribution in [0.25, 0.3) is 16.6 Å². The topological polar surface area (TPSA) is 24.3 Å². The molecule has 2 aromatic carbocycles. The molecular weight excluding hydrogens is 497 g/mol. The van der Waals surface area contributed by atoms with Crippen molar-refractivity contribution in [2.75, 3.05) is 20.1 Å². The predicted octanol–water partition coefficient (Wildman–Crippen LogP) is 7.70. The van der Waals surface area contributed by atoms with Crippen LogP contribution in [0.5, 0.6) is 0 Å². The first-order valence-electron chi connectivity index (χ1n) is 14.0. The summed E-state index contributed by atoms with van der Waals surface area (Å²) in [7, 11) is 2.26. The van der Waals surface area contributed by atoms with Crippen molar-refractivity contribution in [1.29, 1.82) is 0 Å². The monoisotopic (exact) mass is 534 g/mol. The molecule has 206 valence electrons. The van der Waals surface area contributed by atoms with E-state index < -0.39 is 11.7 Å². The molecule has 1 saturated carbocycles. The number of rotatable bonds is 10. The van der Waals surface area contributed by atoms with E-state index in [2.05, 4.69) is 27.9 Å². The number of para-hydroxylation sites is 1. The minimum absolute atomic E-state index is 0.516. The summed E-state index contributed by atoms with van der Waals surface area (Å²) in [5.74, 6) is 0. The maximum absolute atomic E-state index is 13.5. The number of hydrogen-bond donors (Lipinski definition) is 0. The molecule has 39 heavy (non-hydrogen) atoms. The number of hydrogen-bond acceptors (Lipinski definition) is 3. The normalized spacial score (nSPS) is 15.0. The third kappa shape index (κ3) is 6.89. The van der Waals surface area contributed by atoms with Gasteiger partial charge in [0.25, 0.3) is 0 Å². The molecule has 0 aliphatic heterocycles. The van der Waals surface area contributed by atoms with Crippen LogP contribution in [0.2, 0.25) is 0 Å². The van der Waals surface area contributed by atoms with Gasteiger partial charge in [-0.2, -0.15) is 13.2 Å². The molecule has 2 aromatic heterocycles. The number of benzene rings is 2. The average Bonchev–Trinajstić information content (AvgIpc) is 3.32. The van der Waals surface area contributed by atoms with Gasteiger partial charge in [0.05, 0.1) is 11.1 Å². The Hall–Kier alpha value is -3.16. The molecule has 2 heterocycles. The van der Waals surface area contributed by atoms with Crippen molar-refractivity contribution in [2.24, 2.45) is 0 Å². The second-order valence-electron chi connectivity index (χ2n) is 10.8. The number of alkyl halides is 3. The molecule has 1 aliphatic rings. The van der Waals surface area contributed by atoms with E-state index in [4.69, 9.17) is 0 Å². The largest absolute Gasteiger partial charge is 0.416 e. The lowest BCUT2D eigenvalue weighted by molar-refractivity contribution is -0.137. The zero-order valence-corrected chi connectivity index (χ0v) is 22.6. The van der Waals surface area contributed by atoms with E-state index in [1.54, 1.807) is 6.07 Å². The molecule has 0 amide bonds. The van der Waals surface area contributed by atoms with E-state index in [9.17, 15) is 13.2 Å². The Morgan fingerprint density at radius 2 is 1.67 bits per heavy atom. The van der Waals surface area contributed by atoms with Crippen molar-refractivity contribution in [1.82, 2.24) is 19.4 Å². The minimum Gasteiger partial charge on any atom is -0.316 e. The van der Waals surface area contributed by atoms with Gasteiger partial charge in [-0.25, -0.2) is 0 Å². The first kappa shape index (κ1) is 27.4. The van der Waals surface area contributed by atoms with Gasteiger partial charge >= 0.3 is 6.18 Å². The van der Waals surface area contributed by atoms with E-state index in [0.29, 0.717) is 18.3 Å². The molecular formula is C32H37F3N4. The van der Waals surface area contributed by atoms with E-state index >= 15 is 0 Å². The van der Waals surface area contributed by atoms with Crippen LogP contribution in [0.3, 0.4) is 0 Å². The molecule has 0 atom stereocenters. The van der Waals surface area contributed by atoms with Gasteiger partial charge < -0.3 is 9.47 Å². The lowest BCUT2D eigenvalue weighted by atomic mass is 9.94. The fourth-order valence-electron chi connectivity index (χ4n) is 5.87. The number of pyridine rings is 1. The van der Waals surface area contributed by atoms with Gasteiger partial charge in [-0.05, 0) is 80.4 Å². The van der Waals surface area contributed by atoms with E-state index in [0.717, 1.165) is 48.6 Å². The van der Waals surface area contributed by atoms with Gasteiger partial charge in [-0.3, -0.25) is 9.88 Å². The maximum atomic E-state index is 13.5. The van der Waals surface area contributed by atoms with Crippen LogP contribution < -0.4 is 0 Å². The molecule has 1 aliphatic carbocycles. The summed E-state index contributed by atoms with van der Waals surface area (Å²) in [6.45, 7) is 3.49. The fraction of sp³-hybridized carbons (Fsp3) is 0.406. The zero-order chi connectivity index (χ0) is 27.2. The van der Waals surface area contributed by atoms with Crippen molar-refractivity contribution in [3.05, 3.63) is 95.9 Å². The lowest BCUT2D eigenvalue weighted by Gasteiger charge is -2.32. The SMILES string of the molecule is CN(CCCN(Cc1ccncc1)Cc1cn(-c2cccc(C(F)(F)F)c2)c2ccccc12)C1CCCCC1. The number of halogens is 3. The molecule has 0 bridgehead atoms. The highest BCUT2D eigenvalue weighted by molar-refractivity contribution is 5.85. The van der Waals surface area contributed by atoms with Gasteiger partial charge in [-0.1, -0.05) is 43.5 Å². The van der Waals surface area contributed by atoms with E-state index in [-0.39, 0.29) is 0 Å². The van der Waals surface area contributed by atoms with E-state index in [1.165, 1.54) is 49.8 Å². The first-order valence-corrected chi connectivity index (χ1v) is 14.0. The molecule has 0 unspecified atom stereocenters. The average molecular weight is 535 g/mol. The standard InChI is InChI=1S/C32H37F3N4/c1-37(28-10-3-2-4-11-28)19-8-20-38(22-25-15-17-36-18-16-25)23-26-24-39(31-14-6-5-13-30(26)31)29-12-7-9-27(21-29)32(33,34)35/h5-7,9,12-18,21,24,28H,2-4,8,10-11,19-20,22-23H2,1H3. The summed E-state index contributed by atoms with van der Waals surface area (Å²) in [5.41, 5.74) is 3.10. The summed E-state index contributed by atoms with van der Waals surface area (Å²) >= 11 is 0. The Labute approximate surface area is 229 Å². The highest BCUT2D eigenvalue weighted by atomic mass is 19.4. The maximum Gasteiger partial charge on any atom is 0.416 e. The number of aromatic nitrogens is 2. The van der Waals surface area contributed by atoms with Crippen molar-refractivity contribution < 1.29 is 13.2 Å². The van der Waals surface area contributed by atoms with Gasteiger partial charge in [0.2, 0.25) is 0 Å². The van der Waals surface area contributed by atoms with Crippen LogP contribution in [0.4, 0.5) is 13.2 Å². The Morgan fingerprint density at radius 1 is 0.897 bits per heavy atom. The van der Waals surface area contributed by atoms with Gasteiger partial charge in [0.1, 0.15) is 0 Å². The number of nitrogens with zero attached hydrogens (tertiary/aromatic N) is 4. The number of fused-ring (bicyclic) bond motifs is 1.